The zero-order valence-electron chi connectivity index (χ0n) is 13.2. The van der Waals surface area contributed by atoms with Crippen LogP contribution < -0.4 is 0 Å². The van der Waals surface area contributed by atoms with Crippen LogP contribution in [0.2, 0.25) is 5.02 Å². The van der Waals surface area contributed by atoms with Crippen molar-refractivity contribution in [2.24, 2.45) is 0 Å². The van der Waals surface area contributed by atoms with Gasteiger partial charge in [-0.15, -0.1) is 0 Å². The summed E-state index contributed by atoms with van der Waals surface area (Å²) in [6, 6.07) is 5.97. The number of rotatable bonds is 4. The Morgan fingerprint density at radius 1 is 1.43 bits per heavy atom. The third kappa shape index (κ3) is 2.84. The number of ether oxygens (including phenoxy) is 1. The summed E-state index contributed by atoms with van der Waals surface area (Å²) in [4.78, 5) is 16.0. The molecule has 120 valence electrons. The van der Waals surface area contributed by atoms with Crippen LogP contribution in [0.1, 0.15) is 37.3 Å². The van der Waals surface area contributed by atoms with Crippen molar-refractivity contribution in [2.75, 3.05) is 6.61 Å². The van der Waals surface area contributed by atoms with E-state index in [1.165, 1.54) is 6.26 Å². The molecule has 23 heavy (non-hydrogen) atoms. The van der Waals surface area contributed by atoms with Crippen LogP contribution in [0.25, 0.3) is 22.4 Å². The highest BCUT2D eigenvalue weighted by atomic mass is 35.5. The van der Waals surface area contributed by atoms with E-state index in [1.807, 2.05) is 24.4 Å². The first-order valence-electron chi connectivity index (χ1n) is 7.44. The molecule has 1 aromatic carbocycles. The van der Waals surface area contributed by atoms with E-state index in [1.54, 1.807) is 6.92 Å². The summed E-state index contributed by atoms with van der Waals surface area (Å²) in [6.07, 6.45) is 3.28. The summed E-state index contributed by atoms with van der Waals surface area (Å²) >= 11 is 6.13. The van der Waals surface area contributed by atoms with E-state index in [-0.39, 0.29) is 11.7 Å². The van der Waals surface area contributed by atoms with Crippen molar-refractivity contribution in [3.8, 4) is 11.5 Å². The van der Waals surface area contributed by atoms with Gasteiger partial charge in [-0.3, -0.25) is 0 Å². The summed E-state index contributed by atoms with van der Waals surface area (Å²) in [6.45, 7) is 6.23. The lowest BCUT2D eigenvalue weighted by atomic mass is 10.2. The standard InChI is InChI=1S/C17H17ClN2O3/c1-4-22-17(21)14-9-23-16(19-14)13-8-20(10(2)3)15-6-5-11(18)7-12(13)15/h5-10H,4H2,1-3H3. The van der Waals surface area contributed by atoms with Gasteiger partial charge in [0.1, 0.15) is 6.26 Å². The number of fused-ring (bicyclic) bond motifs is 1. The Morgan fingerprint density at radius 3 is 2.91 bits per heavy atom. The highest BCUT2D eigenvalue weighted by molar-refractivity contribution is 6.31. The van der Waals surface area contributed by atoms with E-state index >= 15 is 0 Å². The Balaban J connectivity index is 2.13. The van der Waals surface area contributed by atoms with Crippen LogP contribution in [-0.2, 0) is 4.74 Å². The second kappa shape index (κ2) is 6.08. The van der Waals surface area contributed by atoms with Gasteiger partial charge in [-0.1, -0.05) is 11.6 Å². The average Bonchev–Trinajstić information content (AvgIpc) is 3.11. The highest BCUT2D eigenvalue weighted by Gasteiger charge is 2.19. The van der Waals surface area contributed by atoms with Gasteiger partial charge >= 0.3 is 5.97 Å². The third-order valence-corrected chi connectivity index (χ3v) is 3.81. The molecule has 0 amide bonds. The maximum atomic E-state index is 11.7. The van der Waals surface area contributed by atoms with Crippen molar-refractivity contribution >= 4 is 28.5 Å². The lowest BCUT2D eigenvalue weighted by Gasteiger charge is -2.08. The van der Waals surface area contributed by atoms with Crippen molar-refractivity contribution < 1.29 is 13.9 Å². The minimum Gasteiger partial charge on any atom is -0.461 e. The lowest BCUT2D eigenvalue weighted by molar-refractivity contribution is 0.0519. The van der Waals surface area contributed by atoms with Crippen LogP contribution >= 0.6 is 11.6 Å². The van der Waals surface area contributed by atoms with Gasteiger partial charge in [-0.2, -0.15) is 0 Å². The zero-order chi connectivity index (χ0) is 16.6. The normalized spacial score (nSPS) is 11.3. The number of esters is 1. The lowest BCUT2D eigenvalue weighted by Crippen LogP contribution is -2.04. The number of nitrogens with zero attached hydrogens (tertiary/aromatic N) is 2. The molecule has 0 spiro atoms. The van der Waals surface area contributed by atoms with E-state index in [2.05, 4.69) is 23.4 Å². The Labute approximate surface area is 138 Å². The molecule has 0 fully saturated rings. The summed E-state index contributed by atoms with van der Waals surface area (Å²) < 4.78 is 12.6. The van der Waals surface area contributed by atoms with Crippen LogP contribution in [0.15, 0.2) is 35.1 Å². The smallest absolute Gasteiger partial charge is 0.360 e. The molecule has 0 N–H and O–H groups in total. The predicted octanol–water partition coefficient (Wildman–Crippen LogP) is 4.71. The van der Waals surface area contributed by atoms with E-state index in [0.717, 1.165) is 16.5 Å². The quantitative estimate of drug-likeness (QED) is 0.649. The fourth-order valence-corrected chi connectivity index (χ4v) is 2.69. The molecular formula is C17H17ClN2O3. The second-order valence-corrected chi connectivity index (χ2v) is 5.90. The van der Waals surface area contributed by atoms with Crippen molar-refractivity contribution in [2.45, 2.75) is 26.8 Å². The first kappa shape index (κ1) is 15.6. The number of carbonyl (C=O) groups excluding carboxylic acids is 1. The molecule has 0 radical (unpaired) electrons. The maximum Gasteiger partial charge on any atom is 0.360 e. The Kier molecular flexibility index (Phi) is 4.13. The molecule has 3 aromatic rings. The van der Waals surface area contributed by atoms with Crippen molar-refractivity contribution in [1.29, 1.82) is 0 Å². The van der Waals surface area contributed by atoms with Crippen molar-refractivity contribution in [3.63, 3.8) is 0 Å². The fourth-order valence-electron chi connectivity index (χ4n) is 2.52. The van der Waals surface area contributed by atoms with Crippen molar-refractivity contribution in [1.82, 2.24) is 9.55 Å². The zero-order valence-corrected chi connectivity index (χ0v) is 13.9. The monoisotopic (exact) mass is 332 g/mol. The molecule has 5 nitrogen and oxygen atoms in total. The molecule has 2 aromatic heterocycles. The highest BCUT2D eigenvalue weighted by Crippen LogP contribution is 2.33. The van der Waals surface area contributed by atoms with Gasteiger partial charge in [0.05, 0.1) is 12.2 Å². The Morgan fingerprint density at radius 2 is 2.22 bits per heavy atom. The minimum absolute atomic E-state index is 0.161. The van der Waals surface area contributed by atoms with E-state index in [4.69, 9.17) is 20.8 Å². The van der Waals surface area contributed by atoms with Gasteiger partial charge in [-0.25, -0.2) is 9.78 Å². The number of hydrogen-bond acceptors (Lipinski definition) is 4. The molecule has 0 aliphatic rings. The van der Waals surface area contributed by atoms with Crippen molar-refractivity contribution in [3.05, 3.63) is 41.4 Å². The van der Waals surface area contributed by atoms with E-state index in [9.17, 15) is 4.79 Å². The molecular weight excluding hydrogens is 316 g/mol. The predicted molar refractivity (Wildman–Crippen MR) is 88.8 cm³/mol. The SMILES string of the molecule is CCOC(=O)c1coc(-c2cn(C(C)C)c3ccc(Cl)cc23)n1. The number of benzene rings is 1. The van der Waals surface area contributed by atoms with Gasteiger partial charge < -0.3 is 13.7 Å². The van der Waals surface area contributed by atoms with Crippen LogP contribution in [0, 0.1) is 0 Å². The summed E-state index contributed by atoms with van der Waals surface area (Å²) in [5.74, 6) is -0.118. The van der Waals surface area contributed by atoms with E-state index in [0.29, 0.717) is 17.5 Å². The molecule has 2 heterocycles. The molecule has 6 heteroatoms. The molecule has 0 atom stereocenters. The Bertz CT molecular complexity index is 864. The fraction of sp³-hybridized carbons (Fsp3) is 0.294. The summed E-state index contributed by atoms with van der Waals surface area (Å²) in [5, 5.41) is 1.57. The van der Waals surface area contributed by atoms with E-state index < -0.39 is 5.97 Å². The summed E-state index contributed by atoms with van der Waals surface area (Å²) in [7, 11) is 0. The molecule has 0 saturated carbocycles. The average molecular weight is 333 g/mol. The number of oxazole rings is 1. The largest absolute Gasteiger partial charge is 0.461 e. The van der Waals surface area contributed by atoms with Crippen LogP contribution in [-0.4, -0.2) is 22.1 Å². The minimum atomic E-state index is -0.492. The van der Waals surface area contributed by atoms with Crippen LogP contribution in [0.4, 0.5) is 0 Å². The summed E-state index contributed by atoms with van der Waals surface area (Å²) in [5.41, 5.74) is 2.00. The maximum absolute atomic E-state index is 11.7. The van der Waals surface area contributed by atoms with Crippen LogP contribution in [0.5, 0.6) is 0 Å². The second-order valence-electron chi connectivity index (χ2n) is 5.46. The number of aromatic nitrogens is 2. The molecule has 0 aliphatic heterocycles. The molecule has 0 aliphatic carbocycles. The number of carbonyl (C=O) groups is 1. The molecule has 0 unspecified atom stereocenters. The van der Waals surface area contributed by atoms with Gasteiger partial charge in [0.25, 0.3) is 0 Å². The first-order valence-corrected chi connectivity index (χ1v) is 7.82. The number of hydrogen-bond donors (Lipinski definition) is 0. The van der Waals surface area contributed by atoms with Crippen LogP contribution in [0.3, 0.4) is 0 Å². The van der Waals surface area contributed by atoms with Gasteiger partial charge in [0.2, 0.25) is 5.89 Å². The molecule has 0 bridgehead atoms. The number of halogens is 1. The van der Waals surface area contributed by atoms with Gasteiger partial charge in [-0.05, 0) is 39.0 Å². The molecule has 3 rings (SSSR count). The first-order chi connectivity index (χ1) is 11.0. The third-order valence-electron chi connectivity index (χ3n) is 3.57. The van der Waals surface area contributed by atoms with Gasteiger partial charge in [0, 0.05) is 28.2 Å². The Hall–Kier alpha value is -2.27. The topological polar surface area (TPSA) is 57.3 Å². The van der Waals surface area contributed by atoms with Gasteiger partial charge in [0.15, 0.2) is 5.69 Å². The molecule has 0 saturated heterocycles.